The van der Waals surface area contributed by atoms with Gasteiger partial charge in [-0.15, -0.1) is 0 Å². The molecule has 1 aromatic heterocycles. The number of fused-ring (bicyclic) bond motifs is 1. The number of rotatable bonds is 5. The molecule has 0 bridgehead atoms. The van der Waals surface area contributed by atoms with Crippen molar-refractivity contribution in [2.75, 3.05) is 48.7 Å². The van der Waals surface area contributed by atoms with Crippen LogP contribution in [0.4, 0.5) is 30.4 Å². The maximum atomic E-state index is 13.3. The van der Waals surface area contributed by atoms with E-state index < -0.39 is 17.8 Å². The van der Waals surface area contributed by atoms with Crippen LogP contribution in [0.3, 0.4) is 0 Å². The van der Waals surface area contributed by atoms with Gasteiger partial charge < -0.3 is 20.9 Å². The van der Waals surface area contributed by atoms with E-state index in [1.54, 1.807) is 6.92 Å². The van der Waals surface area contributed by atoms with Gasteiger partial charge in [-0.05, 0) is 73.5 Å². The van der Waals surface area contributed by atoms with E-state index in [9.17, 15) is 13.2 Å². The Balaban J connectivity index is 1.69. The zero-order valence-corrected chi connectivity index (χ0v) is 20.1. The molecule has 1 fully saturated rings. The lowest BCUT2D eigenvalue weighted by molar-refractivity contribution is -0.137. The molecule has 1 saturated heterocycles. The molecular weight excluding hydrogens is 465 g/mol. The fourth-order valence-electron chi connectivity index (χ4n) is 4.37. The molecule has 6 nitrogen and oxygen atoms in total. The molecule has 2 aromatic carbocycles. The Morgan fingerprint density at radius 2 is 1.79 bits per heavy atom. The number of benzene rings is 2. The average Bonchev–Trinajstić information content (AvgIpc) is 2.77. The number of anilines is 3. The summed E-state index contributed by atoms with van der Waals surface area (Å²) in [5.41, 5.74) is 8.27. The first-order chi connectivity index (χ1) is 16.0. The smallest absolute Gasteiger partial charge is 0.399 e. The van der Waals surface area contributed by atoms with Crippen LogP contribution in [0.5, 0.6) is 0 Å². The second-order valence-corrected chi connectivity index (χ2v) is 9.01. The summed E-state index contributed by atoms with van der Waals surface area (Å²) in [6.07, 6.45) is -4.48. The molecule has 0 unspecified atom stereocenters. The Morgan fingerprint density at radius 3 is 2.44 bits per heavy atom. The second-order valence-electron chi connectivity index (χ2n) is 8.67. The van der Waals surface area contributed by atoms with Crippen molar-refractivity contribution in [2.24, 2.45) is 0 Å². The summed E-state index contributed by atoms with van der Waals surface area (Å²) in [6, 6.07) is 7.07. The summed E-state index contributed by atoms with van der Waals surface area (Å²) in [5.74, 6) is 0.465. The van der Waals surface area contributed by atoms with Gasteiger partial charge in [0.2, 0.25) is 5.28 Å². The van der Waals surface area contributed by atoms with Crippen molar-refractivity contribution in [3.63, 3.8) is 0 Å². The number of hydrogen-bond donors (Lipinski definition) is 2. The fraction of sp³-hybridized carbons (Fsp3) is 0.417. The first-order valence-electron chi connectivity index (χ1n) is 11.2. The van der Waals surface area contributed by atoms with Crippen LogP contribution < -0.4 is 16.0 Å². The van der Waals surface area contributed by atoms with Crippen LogP contribution in [-0.4, -0.2) is 47.6 Å². The molecule has 0 aliphatic carbocycles. The predicted molar refractivity (Wildman–Crippen MR) is 132 cm³/mol. The maximum Gasteiger partial charge on any atom is 0.416 e. The number of nitrogens with two attached hydrogens (primary N) is 1. The lowest BCUT2D eigenvalue weighted by Crippen LogP contribution is -2.46. The van der Waals surface area contributed by atoms with Crippen LogP contribution in [0.25, 0.3) is 10.9 Å². The van der Waals surface area contributed by atoms with Gasteiger partial charge in [0.05, 0.1) is 17.1 Å². The zero-order valence-electron chi connectivity index (χ0n) is 19.4. The molecule has 2 heterocycles. The standard InChI is InChI=1S/C24H28ClF3N6/c1-4-33-5-7-34(8-6-33)21-13-19-20(9-14(21)2)31-23(25)32-22(19)30-15(3)16-10-17(24(26,27)28)12-18(29)11-16/h9-13,15H,4-8,29H2,1-3H3,(H,30,31,32)/t15-/m1/s1. The number of nitrogens with zero attached hydrogens (tertiary/aromatic N) is 4. The summed E-state index contributed by atoms with van der Waals surface area (Å²) in [4.78, 5) is 13.5. The van der Waals surface area contributed by atoms with Gasteiger partial charge in [-0.25, -0.2) is 9.97 Å². The Hall–Kier alpha value is -2.78. The maximum absolute atomic E-state index is 13.3. The van der Waals surface area contributed by atoms with Crippen molar-refractivity contribution < 1.29 is 13.2 Å². The highest BCUT2D eigenvalue weighted by atomic mass is 35.5. The first kappa shape index (κ1) is 24.3. The number of nitrogens with one attached hydrogen (secondary N) is 1. The van der Waals surface area contributed by atoms with Crippen LogP contribution in [0.15, 0.2) is 30.3 Å². The third-order valence-corrected chi connectivity index (χ3v) is 6.47. The number of aryl methyl sites for hydroxylation is 1. The lowest BCUT2D eigenvalue weighted by atomic mass is 10.0. The Morgan fingerprint density at radius 1 is 1.09 bits per heavy atom. The van der Waals surface area contributed by atoms with Gasteiger partial charge in [0.1, 0.15) is 5.82 Å². The Bertz CT molecular complexity index is 1190. The van der Waals surface area contributed by atoms with Gasteiger partial charge in [0, 0.05) is 42.9 Å². The van der Waals surface area contributed by atoms with Gasteiger partial charge in [0.15, 0.2) is 0 Å². The topological polar surface area (TPSA) is 70.3 Å². The molecule has 34 heavy (non-hydrogen) atoms. The minimum absolute atomic E-state index is 0.0492. The summed E-state index contributed by atoms with van der Waals surface area (Å²) in [7, 11) is 0. The van der Waals surface area contributed by atoms with Crippen LogP contribution in [0.2, 0.25) is 5.28 Å². The monoisotopic (exact) mass is 492 g/mol. The lowest BCUT2D eigenvalue weighted by Gasteiger charge is -2.36. The van der Waals surface area contributed by atoms with Crippen LogP contribution >= 0.6 is 11.6 Å². The molecule has 1 aliphatic heterocycles. The van der Waals surface area contributed by atoms with Crippen molar-refractivity contribution in [1.82, 2.24) is 14.9 Å². The molecule has 182 valence electrons. The van der Waals surface area contributed by atoms with Gasteiger partial charge in [0.25, 0.3) is 0 Å². The number of nitrogen functional groups attached to an aromatic ring is 1. The quantitative estimate of drug-likeness (QED) is 0.361. The molecule has 4 rings (SSSR count). The highest BCUT2D eigenvalue weighted by molar-refractivity contribution is 6.28. The van der Waals surface area contributed by atoms with E-state index in [1.165, 1.54) is 6.07 Å². The number of hydrogen-bond acceptors (Lipinski definition) is 6. The van der Waals surface area contributed by atoms with E-state index in [-0.39, 0.29) is 11.0 Å². The zero-order chi connectivity index (χ0) is 24.6. The van der Waals surface area contributed by atoms with Crippen molar-refractivity contribution in [1.29, 1.82) is 0 Å². The van der Waals surface area contributed by atoms with Crippen molar-refractivity contribution >= 4 is 39.7 Å². The number of likely N-dealkylation sites (N-methyl/N-ethyl adjacent to an activating group) is 1. The molecular formula is C24H28ClF3N6. The molecule has 0 radical (unpaired) electrons. The van der Waals surface area contributed by atoms with Gasteiger partial charge in [-0.3, -0.25) is 0 Å². The molecule has 0 amide bonds. The SMILES string of the molecule is CCN1CCN(c2cc3c(N[C@H](C)c4cc(N)cc(C(F)(F)F)c4)nc(Cl)nc3cc2C)CC1. The highest BCUT2D eigenvalue weighted by Gasteiger charge is 2.31. The molecule has 1 aliphatic rings. The summed E-state index contributed by atoms with van der Waals surface area (Å²) < 4.78 is 39.9. The van der Waals surface area contributed by atoms with Crippen LogP contribution in [0.1, 0.15) is 36.6 Å². The first-order valence-corrected chi connectivity index (χ1v) is 11.6. The average molecular weight is 493 g/mol. The van der Waals surface area contributed by atoms with Crippen LogP contribution in [-0.2, 0) is 6.18 Å². The van der Waals surface area contributed by atoms with Crippen molar-refractivity contribution in [3.8, 4) is 0 Å². The number of halogens is 4. The Labute approximate surface area is 201 Å². The predicted octanol–water partition coefficient (Wildman–Crippen LogP) is 5.51. The highest BCUT2D eigenvalue weighted by Crippen LogP contribution is 2.35. The largest absolute Gasteiger partial charge is 0.416 e. The van der Waals surface area contributed by atoms with E-state index in [0.29, 0.717) is 16.9 Å². The molecule has 1 atom stereocenters. The summed E-state index contributed by atoms with van der Waals surface area (Å²) in [5, 5.41) is 4.05. The van der Waals surface area contributed by atoms with E-state index in [4.69, 9.17) is 17.3 Å². The van der Waals surface area contributed by atoms with Crippen LogP contribution in [0, 0.1) is 6.92 Å². The van der Waals surface area contributed by atoms with Crippen molar-refractivity contribution in [3.05, 3.63) is 52.3 Å². The minimum atomic E-state index is -4.48. The van der Waals surface area contributed by atoms with E-state index in [2.05, 4.69) is 32.0 Å². The molecule has 10 heteroatoms. The minimum Gasteiger partial charge on any atom is -0.399 e. The molecule has 3 aromatic rings. The Kier molecular flexibility index (Phi) is 6.78. The van der Waals surface area contributed by atoms with Gasteiger partial charge in [-0.1, -0.05) is 6.92 Å². The number of alkyl halides is 3. The van der Waals surface area contributed by atoms with Gasteiger partial charge in [-0.2, -0.15) is 13.2 Å². The van der Waals surface area contributed by atoms with E-state index in [1.807, 2.05) is 19.1 Å². The van der Waals surface area contributed by atoms with E-state index in [0.717, 1.165) is 61.5 Å². The van der Waals surface area contributed by atoms with Gasteiger partial charge >= 0.3 is 6.18 Å². The molecule has 0 spiro atoms. The molecule has 3 N–H and O–H groups in total. The van der Waals surface area contributed by atoms with Crippen molar-refractivity contribution in [2.45, 2.75) is 33.0 Å². The normalized spacial score (nSPS) is 16.1. The van der Waals surface area contributed by atoms with E-state index >= 15 is 0 Å². The number of piperazine rings is 1. The number of aromatic nitrogens is 2. The summed E-state index contributed by atoms with van der Waals surface area (Å²) >= 11 is 6.19. The fourth-order valence-corrected chi connectivity index (χ4v) is 4.55. The summed E-state index contributed by atoms with van der Waals surface area (Å²) in [6.45, 7) is 10.8. The molecule has 0 saturated carbocycles. The third-order valence-electron chi connectivity index (χ3n) is 6.30. The third kappa shape index (κ3) is 5.15. The second kappa shape index (κ2) is 9.46.